The number of rotatable bonds is 7. The Balaban J connectivity index is 2.60. The molecular weight excluding hydrogens is 248 g/mol. The predicted molar refractivity (Wildman–Crippen MR) is 75.1 cm³/mol. The third-order valence-electron chi connectivity index (χ3n) is 2.60. The van der Waals surface area contributed by atoms with E-state index in [-0.39, 0.29) is 12.0 Å². The molecule has 1 N–H and O–H groups in total. The second kappa shape index (κ2) is 7.19. The molecule has 0 bridgehead atoms. The van der Waals surface area contributed by atoms with Gasteiger partial charge in [-0.3, -0.25) is 4.90 Å². The maximum atomic E-state index is 9.05. The van der Waals surface area contributed by atoms with Gasteiger partial charge in [-0.15, -0.1) is 11.3 Å². The van der Waals surface area contributed by atoms with Crippen LogP contribution in [0.2, 0.25) is 0 Å². The van der Waals surface area contributed by atoms with Crippen LogP contribution in [0.5, 0.6) is 0 Å². The highest BCUT2D eigenvalue weighted by Crippen LogP contribution is 2.27. The zero-order valence-corrected chi connectivity index (χ0v) is 12.6. The van der Waals surface area contributed by atoms with Gasteiger partial charge in [-0.25, -0.2) is 4.98 Å². The molecule has 1 heterocycles. The number of hydrogen-bond donors (Lipinski definition) is 1. The normalized spacial score (nSPS) is 12.3. The number of nitrogens with zero attached hydrogens (tertiary/aromatic N) is 2. The van der Waals surface area contributed by atoms with Crippen molar-refractivity contribution in [2.45, 2.75) is 32.7 Å². The Morgan fingerprint density at radius 2 is 2.11 bits per heavy atom. The first-order valence-corrected chi connectivity index (χ1v) is 7.06. The van der Waals surface area contributed by atoms with Crippen LogP contribution in [0.4, 0.5) is 0 Å². The highest BCUT2D eigenvalue weighted by atomic mass is 32.1. The fraction of sp³-hybridized carbons (Fsp3) is 0.769. The monoisotopic (exact) mass is 272 g/mol. The molecule has 0 saturated carbocycles. The third kappa shape index (κ3) is 5.02. The summed E-state index contributed by atoms with van der Waals surface area (Å²) >= 11 is 1.75. The van der Waals surface area contributed by atoms with Gasteiger partial charge in [0.15, 0.2) is 0 Å². The molecule has 0 aliphatic rings. The quantitative estimate of drug-likeness (QED) is 0.823. The van der Waals surface area contributed by atoms with E-state index in [1.165, 1.54) is 4.88 Å². The van der Waals surface area contributed by atoms with Gasteiger partial charge in [0.05, 0.1) is 18.2 Å². The van der Waals surface area contributed by atoms with E-state index in [9.17, 15) is 0 Å². The fourth-order valence-corrected chi connectivity index (χ4v) is 2.59. The fourth-order valence-electron chi connectivity index (χ4n) is 1.58. The molecule has 1 aromatic rings. The molecule has 0 fully saturated rings. The minimum atomic E-state index is 0.108. The van der Waals surface area contributed by atoms with E-state index in [2.05, 4.69) is 30.7 Å². The zero-order valence-electron chi connectivity index (χ0n) is 11.8. The second-order valence-corrected chi connectivity index (χ2v) is 6.49. The van der Waals surface area contributed by atoms with E-state index in [4.69, 9.17) is 9.84 Å². The highest BCUT2D eigenvalue weighted by molar-refractivity contribution is 7.11. The molecule has 104 valence electrons. The van der Waals surface area contributed by atoms with Crippen LogP contribution in [0.25, 0.3) is 0 Å². The topological polar surface area (TPSA) is 45.6 Å². The van der Waals surface area contributed by atoms with Crippen LogP contribution >= 0.6 is 11.3 Å². The smallest absolute Gasteiger partial charge is 0.0981 e. The molecule has 0 spiro atoms. The van der Waals surface area contributed by atoms with Gasteiger partial charge in [0.1, 0.15) is 0 Å². The molecule has 0 aromatic carbocycles. The van der Waals surface area contributed by atoms with Crippen molar-refractivity contribution in [2.24, 2.45) is 0 Å². The SMILES string of the molecule is COCCN(CCO)Cc1cnc(C(C)(C)C)s1. The van der Waals surface area contributed by atoms with Crippen molar-refractivity contribution in [3.05, 3.63) is 16.1 Å². The van der Waals surface area contributed by atoms with Gasteiger partial charge in [-0.05, 0) is 0 Å². The lowest BCUT2D eigenvalue weighted by atomic mass is 9.98. The number of thiazole rings is 1. The standard InChI is InChI=1S/C13H24N2O2S/c1-13(2,3)12-14-9-11(18-12)10-15(5-7-16)6-8-17-4/h9,16H,5-8,10H2,1-4H3. The summed E-state index contributed by atoms with van der Waals surface area (Å²) in [4.78, 5) is 7.90. The Morgan fingerprint density at radius 3 is 2.61 bits per heavy atom. The van der Waals surface area contributed by atoms with Crippen LogP contribution in [0.3, 0.4) is 0 Å². The minimum Gasteiger partial charge on any atom is -0.395 e. The van der Waals surface area contributed by atoms with Crippen molar-refractivity contribution in [3.63, 3.8) is 0 Å². The van der Waals surface area contributed by atoms with E-state index in [1.807, 2.05) is 6.20 Å². The first-order chi connectivity index (χ1) is 8.47. The molecule has 18 heavy (non-hydrogen) atoms. The van der Waals surface area contributed by atoms with Crippen LogP contribution in [0.1, 0.15) is 30.7 Å². The number of hydrogen-bond acceptors (Lipinski definition) is 5. The summed E-state index contributed by atoms with van der Waals surface area (Å²) < 4.78 is 5.08. The van der Waals surface area contributed by atoms with Crippen molar-refractivity contribution in [3.8, 4) is 0 Å². The molecule has 1 aromatic heterocycles. The Kier molecular flexibility index (Phi) is 6.21. The van der Waals surface area contributed by atoms with Crippen LogP contribution in [-0.2, 0) is 16.7 Å². The molecular formula is C13H24N2O2S. The van der Waals surface area contributed by atoms with Crippen LogP contribution in [0, 0.1) is 0 Å². The third-order valence-corrected chi connectivity index (χ3v) is 4.01. The summed E-state index contributed by atoms with van der Waals surface area (Å²) in [6.07, 6.45) is 1.95. The molecule has 0 unspecified atom stereocenters. The molecule has 0 saturated heterocycles. The Bertz CT molecular complexity index is 347. The number of methoxy groups -OCH3 is 1. The van der Waals surface area contributed by atoms with E-state index in [1.54, 1.807) is 18.4 Å². The van der Waals surface area contributed by atoms with E-state index in [0.717, 1.165) is 18.1 Å². The van der Waals surface area contributed by atoms with Gasteiger partial charge in [0.25, 0.3) is 0 Å². The van der Waals surface area contributed by atoms with Gasteiger partial charge in [-0.2, -0.15) is 0 Å². The summed E-state index contributed by atoms with van der Waals surface area (Å²) in [5, 5.41) is 10.2. The molecule has 0 amide bonds. The second-order valence-electron chi connectivity index (χ2n) is 5.37. The van der Waals surface area contributed by atoms with Crippen LogP contribution in [-0.4, -0.2) is 48.4 Å². The summed E-state index contributed by atoms with van der Waals surface area (Å²) in [6, 6.07) is 0. The number of aliphatic hydroxyl groups excluding tert-OH is 1. The van der Waals surface area contributed by atoms with Crippen molar-refractivity contribution >= 4 is 11.3 Å². The molecule has 5 heteroatoms. The molecule has 1 rings (SSSR count). The lowest BCUT2D eigenvalue weighted by Crippen LogP contribution is -2.29. The average Bonchev–Trinajstić information content (AvgIpc) is 2.74. The zero-order chi connectivity index (χ0) is 13.6. The lowest BCUT2D eigenvalue weighted by molar-refractivity contribution is 0.127. The summed E-state index contributed by atoms with van der Waals surface area (Å²) in [7, 11) is 1.70. The number of ether oxygens (including phenoxy) is 1. The summed E-state index contributed by atoms with van der Waals surface area (Å²) in [6.45, 7) is 9.72. The van der Waals surface area contributed by atoms with E-state index >= 15 is 0 Å². The molecule has 0 atom stereocenters. The number of aromatic nitrogens is 1. The molecule has 4 nitrogen and oxygen atoms in total. The summed E-state index contributed by atoms with van der Waals surface area (Å²) in [5.41, 5.74) is 0.108. The van der Waals surface area contributed by atoms with Crippen LogP contribution < -0.4 is 0 Å². The van der Waals surface area contributed by atoms with E-state index < -0.39 is 0 Å². The van der Waals surface area contributed by atoms with E-state index in [0.29, 0.717) is 13.2 Å². The van der Waals surface area contributed by atoms with Gasteiger partial charge in [0, 0.05) is 43.2 Å². The minimum absolute atomic E-state index is 0.108. The maximum Gasteiger partial charge on any atom is 0.0981 e. The Morgan fingerprint density at radius 1 is 1.39 bits per heavy atom. The highest BCUT2D eigenvalue weighted by Gasteiger charge is 2.18. The lowest BCUT2D eigenvalue weighted by Gasteiger charge is -2.19. The van der Waals surface area contributed by atoms with Gasteiger partial charge in [-0.1, -0.05) is 20.8 Å². The molecule has 0 radical (unpaired) electrons. The van der Waals surface area contributed by atoms with Crippen molar-refractivity contribution in [1.29, 1.82) is 0 Å². The number of aliphatic hydroxyl groups is 1. The summed E-state index contributed by atoms with van der Waals surface area (Å²) in [5.74, 6) is 0. The first kappa shape index (κ1) is 15.6. The molecule has 0 aliphatic heterocycles. The molecule has 0 aliphatic carbocycles. The predicted octanol–water partition coefficient (Wildman–Crippen LogP) is 1.88. The largest absolute Gasteiger partial charge is 0.395 e. The Labute approximate surface area is 114 Å². The van der Waals surface area contributed by atoms with Crippen molar-refractivity contribution in [2.75, 3.05) is 33.4 Å². The van der Waals surface area contributed by atoms with Gasteiger partial charge in [0.2, 0.25) is 0 Å². The van der Waals surface area contributed by atoms with Crippen molar-refractivity contribution in [1.82, 2.24) is 9.88 Å². The average molecular weight is 272 g/mol. The maximum absolute atomic E-state index is 9.05. The van der Waals surface area contributed by atoms with Gasteiger partial charge >= 0.3 is 0 Å². The van der Waals surface area contributed by atoms with Crippen molar-refractivity contribution < 1.29 is 9.84 Å². The first-order valence-electron chi connectivity index (χ1n) is 6.24. The van der Waals surface area contributed by atoms with Crippen LogP contribution in [0.15, 0.2) is 6.20 Å². The van der Waals surface area contributed by atoms with Gasteiger partial charge < -0.3 is 9.84 Å². The Hall–Kier alpha value is -0.490.